The number of nitrogens with zero attached hydrogens (tertiary/aromatic N) is 2. The molecule has 1 unspecified atom stereocenters. The normalized spacial score (nSPS) is 12.6. The Kier molecular flexibility index (Phi) is 5.65. The predicted molar refractivity (Wildman–Crippen MR) is 110 cm³/mol. The van der Waals surface area contributed by atoms with Crippen molar-refractivity contribution in [3.8, 4) is 0 Å². The number of aromatic nitrogens is 3. The van der Waals surface area contributed by atoms with Gasteiger partial charge in [0.1, 0.15) is 5.15 Å². The van der Waals surface area contributed by atoms with Crippen LogP contribution >= 0.6 is 11.6 Å². The van der Waals surface area contributed by atoms with Gasteiger partial charge >= 0.3 is 6.18 Å². The third-order valence-corrected chi connectivity index (χ3v) is 4.92. The number of carbonyl (C=O) groups is 1. The lowest BCUT2D eigenvalue weighted by Gasteiger charge is -2.20. The summed E-state index contributed by atoms with van der Waals surface area (Å²) >= 11 is 5.78. The molecule has 0 spiro atoms. The number of nitrogens with one attached hydrogen (secondary N) is 2. The van der Waals surface area contributed by atoms with Gasteiger partial charge in [-0.25, -0.2) is 9.97 Å². The van der Waals surface area contributed by atoms with Crippen molar-refractivity contribution in [1.82, 2.24) is 20.3 Å². The molecular formula is C22H16ClF3N4O. The third-order valence-electron chi connectivity index (χ3n) is 4.70. The lowest BCUT2D eigenvalue weighted by Crippen LogP contribution is -2.30. The van der Waals surface area contributed by atoms with Gasteiger partial charge in [-0.1, -0.05) is 54.1 Å². The minimum atomic E-state index is -4.57. The number of hydrogen-bond donors (Lipinski definition) is 2. The number of H-pyrrole nitrogens is 1. The number of imidazole rings is 1. The molecule has 0 bridgehead atoms. The maximum Gasteiger partial charge on any atom is 0.449 e. The van der Waals surface area contributed by atoms with Crippen LogP contribution in [0.1, 0.15) is 28.6 Å². The Hall–Kier alpha value is -3.39. The lowest BCUT2D eigenvalue weighted by molar-refractivity contribution is -0.144. The van der Waals surface area contributed by atoms with Crippen LogP contribution in [0.4, 0.5) is 13.2 Å². The van der Waals surface area contributed by atoms with Crippen LogP contribution in [-0.2, 0) is 17.4 Å². The number of halogens is 4. The highest BCUT2D eigenvalue weighted by Gasteiger charge is 2.34. The van der Waals surface area contributed by atoms with Crippen LogP contribution in [0.2, 0.25) is 5.15 Å². The van der Waals surface area contributed by atoms with E-state index < -0.39 is 18.0 Å². The summed E-state index contributed by atoms with van der Waals surface area (Å²) < 4.78 is 39.0. The molecule has 4 rings (SSSR count). The minimum Gasteiger partial charge on any atom is -0.345 e. The fraction of sp³-hybridized carbons (Fsp3) is 0.136. The van der Waals surface area contributed by atoms with Crippen LogP contribution in [0, 0.1) is 0 Å². The monoisotopic (exact) mass is 444 g/mol. The molecule has 2 aromatic heterocycles. The van der Waals surface area contributed by atoms with E-state index in [1.807, 2.05) is 30.3 Å². The van der Waals surface area contributed by atoms with Crippen molar-refractivity contribution < 1.29 is 18.0 Å². The van der Waals surface area contributed by atoms with Gasteiger partial charge in [0.25, 0.3) is 0 Å². The predicted octanol–water partition coefficient (Wildman–Crippen LogP) is 5.08. The summed E-state index contributed by atoms with van der Waals surface area (Å²) in [5, 5.41) is 3.29. The average Bonchev–Trinajstić information content (AvgIpc) is 3.18. The summed E-state index contributed by atoms with van der Waals surface area (Å²) in [4.78, 5) is 22.6. The molecule has 0 aliphatic heterocycles. The molecular weight excluding hydrogens is 429 g/mol. The molecule has 2 heterocycles. The van der Waals surface area contributed by atoms with Gasteiger partial charge in [-0.3, -0.25) is 4.79 Å². The Morgan fingerprint density at radius 2 is 1.84 bits per heavy atom. The molecule has 158 valence electrons. The maximum absolute atomic E-state index is 13.0. The van der Waals surface area contributed by atoms with Crippen molar-refractivity contribution in [3.05, 3.63) is 94.5 Å². The molecule has 1 amide bonds. The lowest BCUT2D eigenvalue weighted by atomic mass is 9.98. The van der Waals surface area contributed by atoms with Gasteiger partial charge in [0.15, 0.2) is 0 Å². The average molecular weight is 445 g/mol. The van der Waals surface area contributed by atoms with E-state index in [1.54, 1.807) is 24.3 Å². The second-order valence-electron chi connectivity index (χ2n) is 6.94. The van der Waals surface area contributed by atoms with E-state index in [-0.39, 0.29) is 23.4 Å². The topological polar surface area (TPSA) is 70.7 Å². The number of carbonyl (C=O) groups excluding carboxylic acids is 1. The van der Waals surface area contributed by atoms with E-state index in [9.17, 15) is 18.0 Å². The number of alkyl halides is 3. The van der Waals surface area contributed by atoms with Gasteiger partial charge in [-0.2, -0.15) is 13.2 Å². The van der Waals surface area contributed by atoms with Gasteiger partial charge in [0, 0.05) is 6.20 Å². The van der Waals surface area contributed by atoms with E-state index in [0.29, 0.717) is 16.3 Å². The smallest absolute Gasteiger partial charge is 0.345 e. The Labute approximate surface area is 180 Å². The highest BCUT2D eigenvalue weighted by atomic mass is 35.5. The van der Waals surface area contributed by atoms with Gasteiger partial charge in [0.05, 0.1) is 23.5 Å². The summed E-state index contributed by atoms with van der Waals surface area (Å²) in [6.07, 6.45) is -2.97. The zero-order valence-corrected chi connectivity index (χ0v) is 16.7. The first-order valence-corrected chi connectivity index (χ1v) is 9.69. The van der Waals surface area contributed by atoms with Crippen molar-refractivity contribution >= 4 is 28.5 Å². The standard InChI is InChI=1S/C22H16ClF3N4O/c23-18-9-6-13(12-27-18)10-19(31)30-20(14-4-2-1-3-5-14)15-7-8-16-17(11-15)29-21(28-16)22(24,25)26/h1-9,11-12,20H,10H2,(H,28,29)(H,30,31). The molecule has 0 radical (unpaired) electrons. The fourth-order valence-corrected chi connectivity index (χ4v) is 3.37. The number of hydrogen-bond acceptors (Lipinski definition) is 3. The summed E-state index contributed by atoms with van der Waals surface area (Å²) in [6, 6.07) is 16.7. The van der Waals surface area contributed by atoms with Crippen LogP contribution in [0.15, 0.2) is 66.9 Å². The molecule has 0 fully saturated rings. The zero-order valence-electron chi connectivity index (χ0n) is 15.9. The molecule has 1 atom stereocenters. The molecule has 0 saturated heterocycles. The molecule has 31 heavy (non-hydrogen) atoms. The molecule has 4 aromatic rings. The van der Waals surface area contributed by atoms with E-state index in [2.05, 4.69) is 20.3 Å². The van der Waals surface area contributed by atoms with Gasteiger partial charge in [-0.15, -0.1) is 0 Å². The number of amides is 1. The number of rotatable bonds is 5. The fourth-order valence-electron chi connectivity index (χ4n) is 3.25. The van der Waals surface area contributed by atoms with Crippen molar-refractivity contribution in [2.24, 2.45) is 0 Å². The van der Waals surface area contributed by atoms with Crippen LogP contribution < -0.4 is 5.32 Å². The Morgan fingerprint density at radius 3 is 2.52 bits per heavy atom. The van der Waals surface area contributed by atoms with Gasteiger partial charge < -0.3 is 10.3 Å². The second-order valence-corrected chi connectivity index (χ2v) is 7.32. The summed E-state index contributed by atoms with van der Waals surface area (Å²) in [6.45, 7) is 0. The van der Waals surface area contributed by atoms with Gasteiger partial charge in [-0.05, 0) is 34.9 Å². The highest BCUT2D eigenvalue weighted by molar-refractivity contribution is 6.29. The molecule has 9 heteroatoms. The van der Waals surface area contributed by atoms with Crippen LogP contribution in [0.3, 0.4) is 0 Å². The molecule has 0 aliphatic carbocycles. The molecule has 0 saturated carbocycles. The first-order chi connectivity index (χ1) is 14.8. The van der Waals surface area contributed by atoms with Crippen molar-refractivity contribution in [3.63, 3.8) is 0 Å². The summed E-state index contributed by atoms with van der Waals surface area (Å²) in [7, 11) is 0. The third kappa shape index (κ3) is 4.86. The SMILES string of the molecule is O=C(Cc1ccc(Cl)nc1)NC(c1ccccc1)c1ccc2nc(C(F)(F)F)[nH]c2c1. The molecule has 2 N–H and O–H groups in total. The number of pyridine rings is 1. The number of benzene rings is 2. The number of aromatic amines is 1. The highest BCUT2D eigenvalue weighted by Crippen LogP contribution is 2.30. The second kappa shape index (κ2) is 8.39. The van der Waals surface area contributed by atoms with E-state index in [0.717, 1.165) is 5.56 Å². The number of fused-ring (bicyclic) bond motifs is 1. The maximum atomic E-state index is 13.0. The van der Waals surface area contributed by atoms with E-state index >= 15 is 0 Å². The first kappa shape index (κ1) is 20.9. The van der Waals surface area contributed by atoms with Gasteiger partial charge in [0.2, 0.25) is 11.7 Å². The van der Waals surface area contributed by atoms with Crippen LogP contribution in [0.5, 0.6) is 0 Å². The minimum absolute atomic E-state index is 0.0814. The van der Waals surface area contributed by atoms with Crippen LogP contribution in [0.25, 0.3) is 11.0 Å². The first-order valence-electron chi connectivity index (χ1n) is 9.31. The summed E-state index contributed by atoms with van der Waals surface area (Å²) in [5.41, 5.74) is 2.54. The van der Waals surface area contributed by atoms with E-state index in [4.69, 9.17) is 11.6 Å². The van der Waals surface area contributed by atoms with Crippen molar-refractivity contribution in [1.29, 1.82) is 0 Å². The quantitative estimate of drug-likeness (QED) is 0.422. The van der Waals surface area contributed by atoms with Crippen molar-refractivity contribution in [2.75, 3.05) is 0 Å². The van der Waals surface area contributed by atoms with E-state index in [1.165, 1.54) is 12.3 Å². The summed E-state index contributed by atoms with van der Waals surface area (Å²) in [5.74, 6) is -1.33. The van der Waals surface area contributed by atoms with Crippen molar-refractivity contribution in [2.45, 2.75) is 18.6 Å². The molecule has 5 nitrogen and oxygen atoms in total. The largest absolute Gasteiger partial charge is 0.449 e. The Morgan fingerprint density at radius 1 is 1.06 bits per heavy atom. The van der Waals surface area contributed by atoms with Crippen LogP contribution in [-0.4, -0.2) is 20.9 Å². The Balaban J connectivity index is 1.65. The Bertz CT molecular complexity index is 1210. The molecule has 0 aliphatic rings. The molecule has 2 aromatic carbocycles. The zero-order chi connectivity index (χ0) is 22.0.